The average Bonchev–Trinajstić information content (AvgIpc) is 3.02. The summed E-state index contributed by atoms with van der Waals surface area (Å²) in [6.45, 7) is 5.46. The number of carbonyl (C=O) groups is 2. The fraction of sp³-hybridized carbons (Fsp3) is 0.263. The second-order valence-electron chi connectivity index (χ2n) is 6.03. The number of Topliss-reactive ketones (excluding diaryl/α,β-unsaturated/α-hetero) is 1. The predicted molar refractivity (Wildman–Crippen MR) is 95.3 cm³/mol. The minimum atomic E-state index is -0.384. The van der Waals surface area contributed by atoms with Crippen molar-refractivity contribution in [2.24, 2.45) is 0 Å². The first-order chi connectivity index (χ1) is 12.0. The molecule has 2 heterocycles. The number of aryl methyl sites for hydroxylation is 1. The Morgan fingerprint density at radius 1 is 1.20 bits per heavy atom. The Balaban J connectivity index is 1.70. The summed E-state index contributed by atoms with van der Waals surface area (Å²) in [5, 5.41) is 2.89. The van der Waals surface area contributed by atoms with Crippen LogP contribution in [0.25, 0.3) is 11.0 Å². The highest BCUT2D eigenvalue weighted by atomic mass is 16.2. The molecule has 0 aliphatic heterocycles. The molecule has 2 aromatic heterocycles. The molecule has 3 rings (SSSR count). The second kappa shape index (κ2) is 6.84. The lowest BCUT2D eigenvalue weighted by molar-refractivity contribution is -0.124. The number of benzene rings is 1. The van der Waals surface area contributed by atoms with E-state index in [1.165, 1.54) is 6.92 Å². The number of hydrogen-bond donors (Lipinski definition) is 1. The molecule has 1 aromatic carbocycles. The van der Waals surface area contributed by atoms with Gasteiger partial charge in [-0.25, -0.2) is 4.98 Å². The molecule has 1 amide bonds. The Hall–Kier alpha value is -3.02. The average molecular weight is 336 g/mol. The quantitative estimate of drug-likeness (QED) is 0.727. The van der Waals surface area contributed by atoms with Crippen LogP contribution < -0.4 is 5.32 Å². The fourth-order valence-corrected chi connectivity index (χ4v) is 2.82. The molecule has 0 spiro atoms. The number of nitrogens with one attached hydrogen (secondary N) is 1. The molecule has 0 aliphatic rings. The molecule has 1 atom stereocenters. The molecule has 0 unspecified atom stereocenters. The molecule has 1 N–H and O–H groups in total. The topological polar surface area (TPSA) is 76.9 Å². The number of fused-ring (bicyclic) bond motifs is 1. The van der Waals surface area contributed by atoms with Gasteiger partial charge in [-0.2, -0.15) is 0 Å². The zero-order valence-electron chi connectivity index (χ0n) is 14.5. The smallest absolute Gasteiger partial charge is 0.243 e. The first-order valence-corrected chi connectivity index (χ1v) is 8.14. The summed E-state index contributed by atoms with van der Waals surface area (Å²) in [5.41, 5.74) is 3.78. The van der Waals surface area contributed by atoms with Crippen molar-refractivity contribution in [2.75, 3.05) is 0 Å². The van der Waals surface area contributed by atoms with Crippen LogP contribution in [-0.4, -0.2) is 26.2 Å². The van der Waals surface area contributed by atoms with Gasteiger partial charge >= 0.3 is 0 Å². The maximum absolute atomic E-state index is 12.5. The monoisotopic (exact) mass is 336 g/mol. The van der Waals surface area contributed by atoms with E-state index in [9.17, 15) is 9.59 Å². The minimum Gasteiger partial charge on any atom is -0.349 e. The molecule has 0 fully saturated rings. The number of imidazole rings is 1. The van der Waals surface area contributed by atoms with Crippen molar-refractivity contribution in [3.63, 3.8) is 0 Å². The first kappa shape index (κ1) is 16.8. The van der Waals surface area contributed by atoms with E-state index in [1.807, 2.05) is 35.8 Å². The van der Waals surface area contributed by atoms with E-state index in [0.717, 1.165) is 16.7 Å². The Kier molecular flexibility index (Phi) is 4.61. The van der Waals surface area contributed by atoms with Crippen molar-refractivity contribution in [2.45, 2.75) is 33.4 Å². The molecule has 0 saturated carbocycles. The van der Waals surface area contributed by atoms with Crippen molar-refractivity contribution >= 4 is 22.7 Å². The molecule has 0 aliphatic carbocycles. The predicted octanol–water partition coefficient (Wildman–Crippen LogP) is 2.82. The lowest BCUT2D eigenvalue weighted by Crippen LogP contribution is -2.30. The molecule has 3 aromatic rings. The van der Waals surface area contributed by atoms with Gasteiger partial charge in [0.2, 0.25) is 5.91 Å². The zero-order valence-corrected chi connectivity index (χ0v) is 14.5. The van der Waals surface area contributed by atoms with E-state index in [4.69, 9.17) is 0 Å². The van der Waals surface area contributed by atoms with Crippen LogP contribution in [0.4, 0.5) is 0 Å². The molecule has 128 valence electrons. The third-order valence-corrected chi connectivity index (χ3v) is 4.24. The van der Waals surface area contributed by atoms with Crippen molar-refractivity contribution < 1.29 is 9.59 Å². The maximum atomic E-state index is 12.5. The summed E-state index contributed by atoms with van der Waals surface area (Å²) >= 11 is 0. The highest BCUT2D eigenvalue weighted by Crippen LogP contribution is 2.17. The number of ketones is 1. The Morgan fingerprint density at radius 3 is 2.68 bits per heavy atom. The molecule has 0 saturated heterocycles. The summed E-state index contributed by atoms with van der Waals surface area (Å²) in [5.74, 6) is -0.126. The highest BCUT2D eigenvalue weighted by Gasteiger charge is 2.17. The van der Waals surface area contributed by atoms with Crippen molar-refractivity contribution in [1.29, 1.82) is 0 Å². The van der Waals surface area contributed by atoms with E-state index >= 15 is 0 Å². The molecular weight excluding hydrogens is 316 g/mol. The zero-order chi connectivity index (χ0) is 18.0. The number of carbonyl (C=O) groups excluding carboxylic acids is 2. The van der Waals surface area contributed by atoms with Crippen LogP contribution in [0.5, 0.6) is 0 Å². The number of amides is 1. The van der Waals surface area contributed by atoms with Crippen LogP contribution in [0.2, 0.25) is 0 Å². The van der Waals surface area contributed by atoms with Crippen LogP contribution in [0.3, 0.4) is 0 Å². The van der Waals surface area contributed by atoms with Crippen molar-refractivity contribution in [3.05, 3.63) is 59.7 Å². The fourth-order valence-electron chi connectivity index (χ4n) is 2.82. The van der Waals surface area contributed by atoms with E-state index in [0.29, 0.717) is 17.8 Å². The van der Waals surface area contributed by atoms with Gasteiger partial charge in [-0.05, 0) is 45.0 Å². The van der Waals surface area contributed by atoms with Crippen LogP contribution in [-0.2, 0) is 11.3 Å². The lowest BCUT2D eigenvalue weighted by atomic mass is 10.1. The normalized spacial score (nSPS) is 12.1. The lowest BCUT2D eigenvalue weighted by Gasteiger charge is -2.15. The van der Waals surface area contributed by atoms with Gasteiger partial charge in [-0.1, -0.05) is 12.1 Å². The molecule has 6 nitrogen and oxygen atoms in total. The van der Waals surface area contributed by atoms with Crippen LogP contribution in [0, 0.1) is 6.92 Å². The van der Waals surface area contributed by atoms with Gasteiger partial charge in [0, 0.05) is 11.3 Å². The third kappa shape index (κ3) is 3.42. The largest absolute Gasteiger partial charge is 0.349 e. The number of pyridine rings is 1. The van der Waals surface area contributed by atoms with E-state index in [1.54, 1.807) is 25.4 Å². The van der Waals surface area contributed by atoms with Crippen LogP contribution in [0.15, 0.2) is 42.7 Å². The maximum Gasteiger partial charge on any atom is 0.243 e. The van der Waals surface area contributed by atoms with Crippen LogP contribution >= 0.6 is 0 Å². The Bertz CT molecular complexity index is 946. The first-order valence-electron chi connectivity index (χ1n) is 8.14. The molecular formula is C19H20N4O2. The highest BCUT2D eigenvalue weighted by molar-refractivity contribution is 5.95. The summed E-state index contributed by atoms with van der Waals surface area (Å²) < 4.78 is 1.85. The SMILES string of the molecule is CC(=O)c1ccc(CNC(=O)[C@H](C)n2cnc3ccccc32)nc1C. The Labute approximate surface area is 145 Å². The van der Waals surface area contributed by atoms with E-state index in [2.05, 4.69) is 15.3 Å². The van der Waals surface area contributed by atoms with E-state index < -0.39 is 0 Å². The summed E-state index contributed by atoms with van der Waals surface area (Å²) in [6.07, 6.45) is 1.68. The molecule has 0 bridgehead atoms. The molecule has 25 heavy (non-hydrogen) atoms. The second-order valence-corrected chi connectivity index (χ2v) is 6.03. The van der Waals surface area contributed by atoms with Gasteiger partial charge in [0.1, 0.15) is 6.04 Å². The van der Waals surface area contributed by atoms with Gasteiger partial charge in [0.15, 0.2) is 5.78 Å². The standard InChI is InChI=1S/C19H20N4O2/c1-12-16(14(3)24)9-8-15(22-12)10-20-19(25)13(2)23-11-21-17-6-4-5-7-18(17)23/h4-9,11,13H,10H2,1-3H3,(H,20,25)/t13-/m0/s1. The van der Waals surface area contributed by atoms with Crippen molar-refractivity contribution in [3.8, 4) is 0 Å². The number of hydrogen-bond acceptors (Lipinski definition) is 4. The van der Waals surface area contributed by atoms with Gasteiger partial charge < -0.3 is 9.88 Å². The molecule has 6 heteroatoms. The third-order valence-electron chi connectivity index (χ3n) is 4.24. The van der Waals surface area contributed by atoms with Crippen LogP contribution in [0.1, 0.15) is 41.6 Å². The number of aromatic nitrogens is 3. The van der Waals surface area contributed by atoms with Gasteiger partial charge in [-0.15, -0.1) is 0 Å². The van der Waals surface area contributed by atoms with Crippen molar-refractivity contribution in [1.82, 2.24) is 19.9 Å². The number of nitrogens with zero attached hydrogens (tertiary/aromatic N) is 3. The van der Waals surface area contributed by atoms with Gasteiger partial charge in [-0.3, -0.25) is 14.6 Å². The number of para-hydroxylation sites is 2. The minimum absolute atomic E-state index is 0.0128. The molecule has 0 radical (unpaired) electrons. The van der Waals surface area contributed by atoms with Gasteiger partial charge in [0.25, 0.3) is 0 Å². The summed E-state index contributed by atoms with van der Waals surface area (Å²) in [4.78, 5) is 32.6. The Morgan fingerprint density at radius 2 is 1.96 bits per heavy atom. The van der Waals surface area contributed by atoms with Gasteiger partial charge in [0.05, 0.1) is 29.6 Å². The summed E-state index contributed by atoms with van der Waals surface area (Å²) in [6, 6.07) is 10.8. The number of rotatable bonds is 5. The van der Waals surface area contributed by atoms with E-state index in [-0.39, 0.29) is 17.7 Å². The summed E-state index contributed by atoms with van der Waals surface area (Å²) in [7, 11) is 0.